The summed E-state index contributed by atoms with van der Waals surface area (Å²) in [6, 6.07) is 0. The van der Waals surface area contributed by atoms with Crippen LogP contribution in [0, 0.1) is 19.8 Å². The van der Waals surface area contributed by atoms with Crippen molar-refractivity contribution < 1.29 is 4.74 Å². The Morgan fingerprint density at radius 2 is 1.83 bits per heavy atom. The van der Waals surface area contributed by atoms with Gasteiger partial charge in [-0.25, -0.2) is 9.97 Å². The van der Waals surface area contributed by atoms with Crippen molar-refractivity contribution in [1.29, 1.82) is 0 Å². The van der Waals surface area contributed by atoms with Crippen LogP contribution in [-0.4, -0.2) is 30.2 Å². The summed E-state index contributed by atoms with van der Waals surface area (Å²) in [4.78, 5) is 9.17. The third-order valence-corrected chi connectivity index (χ3v) is 3.17. The lowest BCUT2D eigenvalue weighted by Gasteiger charge is -2.14. The van der Waals surface area contributed by atoms with E-state index in [-0.39, 0.29) is 0 Å². The van der Waals surface area contributed by atoms with Gasteiger partial charge in [-0.2, -0.15) is 0 Å². The molecule has 0 bridgehead atoms. The van der Waals surface area contributed by atoms with E-state index in [1.165, 1.54) is 5.56 Å². The Kier molecular flexibility index (Phi) is 6.22. The molecule has 2 N–H and O–H groups in total. The highest BCUT2D eigenvalue weighted by molar-refractivity contribution is 5.25. The Hall–Kier alpha value is -1.00. The van der Waals surface area contributed by atoms with Gasteiger partial charge in [0.2, 0.25) is 0 Å². The van der Waals surface area contributed by atoms with Crippen molar-refractivity contribution in [1.82, 2.24) is 9.97 Å². The first kappa shape index (κ1) is 15.1. The van der Waals surface area contributed by atoms with E-state index in [0.717, 1.165) is 43.1 Å². The number of hydrogen-bond donors (Lipinski definition) is 1. The van der Waals surface area contributed by atoms with Crippen LogP contribution in [0.15, 0.2) is 0 Å². The van der Waals surface area contributed by atoms with E-state index in [9.17, 15) is 0 Å². The number of nitrogens with zero attached hydrogens (tertiary/aromatic N) is 2. The van der Waals surface area contributed by atoms with Crippen molar-refractivity contribution in [3.05, 3.63) is 22.8 Å². The molecule has 4 heteroatoms. The first-order valence-corrected chi connectivity index (χ1v) is 6.60. The van der Waals surface area contributed by atoms with Crippen molar-refractivity contribution in [3.8, 4) is 0 Å². The van der Waals surface area contributed by atoms with Gasteiger partial charge in [-0.15, -0.1) is 0 Å². The monoisotopic (exact) mass is 251 g/mol. The highest BCUT2D eigenvalue weighted by Crippen LogP contribution is 2.15. The van der Waals surface area contributed by atoms with Gasteiger partial charge >= 0.3 is 0 Å². The molecule has 18 heavy (non-hydrogen) atoms. The molecule has 1 heterocycles. The maximum absolute atomic E-state index is 5.68. The molecule has 1 aromatic heterocycles. The summed E-state index contributed by atoms with van der Waals surface area (Å²) in [5.41, 5.74) is 9.12. The largest absolute Gasteiger partial charge is 0.385 e. The van der Waals surface area contributed by atoms with Crippen LogP contribution in [0.25, 0.3) is 0 Å². The lowest BCUT2D eigenvalue weighted by Crippen LogP contribution is -2.16. The molecule has 0 aliphatic carbocycles. The standard InChI is InChI=1S/C14H25N3O/c1-10(9-15)8-13-11(2)16-14(17-12(13)3)6-5-7-18-4/h10H,5-9,15H2,1-4H3. The number of aromatic nitrogens is 2. The Balaban J connectivity index is 2.77. The maximum atomic E-state index is 5.68. The van der Waals surface area contributed by atoms with E-state index in [2.05, 4.69) is 30.7 Å². The van der Waals surface area contributed by atoms with Gasteiger partial charge in [0.15, 0.2) is 0 Å². The van der Waals surface area contributed by atoms with Crippen LogP contribution in [-0.2, 0) is 17.6 Å². The molecular formula is C14H25N3O. The first-order valence-electron chi connectivity index (χ1n) is 6.60. The van der Waals surface area contributed by atoms with E-state index in [1.54, 1.807) is 7.11 Å². The number of methoxy groups -OCH3 is 1. The highest BCUT2D eigenvalue weighted by atomic mass is 16.5. The predicted octanol–water partition coefficient (Wildman–Crippen LogP) is 1.81. The topological polar surface area (TPSA) is 61.0 Å². The second-order valence-electron chi connectivity index (χ2n) is 4.93. The van der Waals surface area contributed by atoms with Gasteiger partial charge in [-0.3, -0.25) is 0 Å². The summed E-state index contributed by atoms with van der Waals surface area (Å²) < 4.78 is 5.05. The molecular weight excluding hydrogens is 226 g/mol. The van der Waals surface area contributed by atoms with Crippen LogP contribution in [0.4, 0.5) is 0 Å². The van der Waals surface area contributed by atoms with Gasteiger partial charge < -0.3 is 10.5 Å². The van der Waals surface area contributed by atoms with Gasteiger partial charge in [0, 0.05) is 31.5 Å². The molecule has 0 aliphatic rings. The molecule has 0 radical (unpaired) electrons. The minimum Gasteiger partial charge on any atom is -0.385 e. The fourth-order valence-electron chi connectivity index (χ4n) is 2.02. The van der Waals surface area contributed by atoms with Crippen molar-refractivity contribution in [2.45, 2.75) is 40.0 Å². The zero-order valence-electron chi connectivity index (χ0n) is 12.0. The van der Waals surface area contributed by atoms with Gasteiger partial charge in [-0.1, -0.05) is 6.92 Å². The Bertz CT molecular complexity index is 356. The summed E-state index contributed by atoms with van der Waals surface area (Å²) in [6.07, 6.45) is 2.81. The third kappa shape index (κ3) is 4.35. The molecule has 0 saturated carbocycles. The average molecular weight is 251 g/mol. The second kappa shape index (κ2) is 7.44. The lowest BCUT2D eigenvalue weighted by atomic mass is 9.99. The molecule has 1 unspecified atom stereocenters. The lowest BCUT2D eigenvalue weighted by molar-refractivity contribution is 0.194. The molecule has 0 saturated heterocycles. The highest BCUT2D eigenvalue weighted by Gasteiger charge is 2.11. The van der Waals surface area contributed by atoms with Gasteiger partial charge in [0.1, 0.15) is 5.82 Å². The zero-order chi connectivity index (χ0) is 13.5. The number of ether oxygens (including phenoxy) is 1. The summed E-state index contributed by atoms with van der Waals surface area (Å²) in [5, 5.41) is 0. The minimum absolute atomic E-state index is 0.477. The molecule has 0 aromatic carbocycles. The first-order chi connectivity index (χ1) is 8.58. The molecule has 0 amide bonds. The quantitative estimate of drug-likeness (QED) is 0.751. The van der Waals surface area contributed by atoms with E-state index in [1.807, 2.05) is 0 Å². The fourth-order valence-corrected chi connectivity index (χ4v) is 2.02. The maximum Gasteiger partial charge on any atom is 0.128 e. The summed E-state index contributed by atoms with van der Waals surface area (Å²) in [5.74, 6) is 1.40. The predicted molar refractivity (Wildman–Crippen MR) is 73.6 cm³/mol. The fraction of sp³-hybridized carbons (Fsp3) is 0.714. The number of hydrogen-bond acceptors (Lipinski definition) is 4. The summed E-state index contributed by atoms with van der Waals surface area (Å²) >= 11 is 0. The molecule has 102 valence electrons. The smallest absolute Gasteiger partial charge is 0.128 e. The molecule has 0 fully saturated rings. The van der Waals surface area contributed by atoms with Crippen molar-refractivity contribution in [3.63, 3.8) is 0 Å². The second-order valence-corrected chi connectivity index (χ2v) is 4.93. The molecule has 1 rings (SSSR count). The van der Waals surface area contributed by atoms with E-state index < -0.39 is 0 Å². The summed E-state index contributed by atoms with van der Waals surface area (Å²) in [7, 11) is 1.72. The van der Waals surface area contributed by atoms with Crippen LogP contribution in [0.1, 0.15) is 36.1 Å². The SMILES string of the molecule is COCCCc1nc(C)c(CC(C)CN)c(C)n1. The molecule has 0 aliphatic heterocycles. The Labute approximate surface area is 110 Å². The van der Waals surface area contributed by atoms with Gasteiger partial charge in [-0.05, 0) is 44.7 Å². The number of rotatable bonds is 7. The van der Waals surface area contributed by atoms with Crippen molar-refractivity contribution in [2.24, 2.45) is 11.7 Å². The minimum atomic E-state index is 0.477. The Morgan fingerprint density at radius 1 is 1.22 bits per heavy atom. The van der Waals surface area contributed by atoms with Crippen LogP contribution in [0.2, 0.25) is 0 Å². The van der Waals surface area contributed by atoms with Gasteiger partial charge in [0.25, 0.3) is 0 Å². The van der Waals surface area contributed by atoms with E-state index in [0.29, 0.717) is 12.5 Å². The number of nitrogens with two attached hydrogens (primary N) is 1. The average Bonchev–Trinajstić information content (AvgIpc) is 2.34. The van der Waals surface area contributed by atoms with Crippen LogP contribution >= 0.6 is 0 Å². The van der Waals surface area contributed by atoms with Crippen LogP contribution < -0.4 is 5.73 Å². The third-order valence-electron chi connectivity index (χ3n) is 3.17. The molecule has 0 spiro atoms. The van der Waals surface area contributed by atoms with Crippen LogP contribution in [0.5, 0.6) is 0 Å². The summed E-state index contributed by atoms with van der Waals surface area (Å²) in [6.45, 7) is 7.74. The number of aryl methyl sites for hydroxylation is 3. The van der Waals surface area contributed by atoms with Crippen molar-refractivity contribution in [2.75, 3.05) is 20.3 Å². The van der Waals surface area contributed by atoms with Gasteiger partial charge in [0.05, 0.1) is 0 Å². The molecule has 1 aromatic rings. The molecule has 1 atom stereocenters. The molecule has 4 nitrogen and oxygen atoms in total. The zero-order valence-corrected chi connectivity index (χ0v) is 12.0. The van der Waals surface area contributed by atoms with Crippen molar-refractivity contribution >= 4 is 0 Å². The van der Waals surface area contributed by atoms with Crippen LogP contribution in [0.3, 0.4) is 0 Å². The normalized spacial score (nSPS) is 12.7. The van der Waals surface area contributed by atoms with E-state index in [4.69, 9.17) is 10.5 Å². The Morgan fingerprint density at radius 3 is 2.33 bits per heavy atom. The van der Waals surface area contributed by atoms with E-state index >= 15 is 0 Å².